The second kappa shape index (κ2) is 18.3. The molecule has 0 amide bonds. The Bertz CT molecular complexity index is 3080. The van der Waals surface area contributed by atoms with Crippen molar-refractivity contribution in [2.45, 2.75) is 111 Å². The minimum atomic E-state index is -0.412. The van der Waals surface area contributed by atoms with Crippen LogP contribution in [0.5, 0.6) is 11.5 Å². The fourth-order valence-corrected chi connectivity index (χ4v) is 9.44. The molecule has 0 N–H and O–H groups in total. The molecular formula is C61H63N4OPt-3. The molecule has 346 valence electrons. The van der Waals surface area contributed by atoms with Crippen molar-refractivity contribution in [1.82, 2.24) is 9.55 Å². The Hall–Kier alpha value is -5.90. The van der Waals surface area contributed by atoms with E-state index in [9.17, 15) is 0 Å². The Balaban J connectivity index is 0.00000608. The van der Waals surface area contributed by atoms with Gasteiger partial charge in [0.25, 0.3) is 0 Å². The SMILES string of the molecule is CC(C)c1cccc(C(C)C)c1-c1cc(Oc2[c-]c3c(c(C(C)(C)c4ccccc4)c2)c2ccccc2n3-c2cc(C(C)(C)C)ccn2)[c-]c(N2C=CN(c3cccc(C(C)(C)C)c3)[CH-]2)c1.[Pt]. The largest absolute Gasteiger partial charge is 0.509 e. The summed E-state index contributed by atoms with van der Waals surface area (Å²) in [6.07, 6.45) is 6.16. The Kier molecular flexibility index (Phi) is 13.0. The first kappa shape index (κ1) is 47.6. The van der Waals surface area contributed by atoms with Crippen LogP contribution < -0.4 is 14.5 Å². The van der Waals surface area contributed by atoms with Crippen LogP contribution >= 0.6 is 0 Å². The van der Waals surface area contributed by atoms with E-state index in [0.29, 0.717) is 23.3 Å². The average molecular weight is 1060 g/mol. The third-order valence-electron chi connectivity index (χ3n) is 13.3. The zero-order chi connectivity index (χ0) is 46.7. The molecule has 8 aromatic rings. The number of rotatable bonds is 10. The molecule has 3 heterocycles. The molecule has 0 radical (unpaired) electrons. The van der Waals surface area contributed by atoms with Gasteiger partial charge in [0.1, 0.15) is 5.82 Å². The van der Waals surface area contributed by atoms with Crippen molar-refractivity contribution in [1.29, 1.82) is 0 Å². The molecule has 1 aliphatic heterocycles. The molecule has 2 aromatic heterocycles. The Morgan fingerprint density at radius 3 is 1.90 bits per heavy atom. The van der Waals surface area contributed by atoms with E-state index in [0.717, 1.165) is 50.1 Å². The van der Waals surface area contributed by atoms with Crippen molar-refractivity contribution in [2.24, 2.45) is 0 Å². The van der Waals surface area contributed by atoms with Gasteiger partial charge >= 0.3 is 0 Å². The number of fused-ring (bicyclic) bond motifs is 3. The van der Waals surface area contributed by atoms with Crippen molar-refractivity contribution in [3.63, 3.8) is 0 Å². The van der Waals surface area contributed by atoms with Crippen molar-refractivity contribution >= 4 is 33.2 Å². The molecule has 0 saturated heterocycles. The zero-order valence-electron chi connectivity index (χ0n) is 41.1. The molecule has 0 fully saturated rings. The number of nitrogens with zero attached hydrogens (tertiary/aromatic N) is 4. The average Bonchev–Trinajstić information content (AvgIpc) is 3.92. The number of para-hydroxylation sites is 1. The second-order valence-corrected chi connectivity index (χ2v) is 21.1. The Morgan fingerprint density at radius 1 is 0.597 bits per heavy atom. The van der Waals surface area contributed by atoms with Crippen LogP contribution in [-0.2, 0) is 37.3 Å². The van der Waals surface area contributed by atoms with Crippen LogP contribution in [0, 0.1) is 18.8 Å². The van der Waals surface area contributed by atoms with Crippen molar-refractivity contribution in [2.75, 3.05) is 9.80 Å². The molecule has 0 bridgehead atoms. The molecule has 0 saturated carbocycles. The van der Waals surface area contributed by atoms with Gasteiger partial charge in [-0.1, -0.05) is 173 Å². The van der Waals surface area contributed by atoms with Gasteiger partial charge in [-0.05, 0) is 110 Å². The number of hydrogen-bond donors (Lipinski definition) is 0. The van der Waals surface area contributed by atoms with Gasteiger partial charge in [-0.15, -0.1) is 53.8 Å². The van der Waals surface area contributed by atoms with E-state index in [2.05, 4.69) is 256 Å². The number of ether oxygens (including phenoxy) is 1. The van der Waals surface area contributed by atoms with E-state index < -0.39 is 5.41 Å². The maximum Gasteiger partial charge on any atom is 0.135 e. The van der Waals surface area contributed by atoms with Gasteiger partial charge < -0.3 is 19.1 Å². The van der Waals surface area contributed by atoms with Crippen LogP contribution in [0.4, 0.5) is 11.4 Å². The van der Waals surface area contributed by atoms with Gasteiger partial charge in [-0.2, -0.15) is 0 Å². The number of hydrogen-bond acceptors (Lipinski definition) is 4. The van der Waals surface area contributed by atoms with Crippen LogP contribution in [0.25, 0.3) is 38.8 Å². The molecule has 6 aromatic carbocycles. The second-order valence-electron chi connectivity index (χ2n) is 21.1. The summed E-state index contributed by atoms with van der Waals surface area (Å²) in [7, 11) is 0. The van der Waals surface area contributed by atoms with E-state index in [1.165, 1.54) is 33.4 Å². The van der Waals surface area contributed by atoms with Crippen LogP contribution in [0.15, 0.2) is 146 Å². The Morgan fingerprint density at radius 2 is 1.21 bits per heavy atom. The van der Waals surface area contributed by atoms with Gasteiger partial charge in [-0.25, -0.2) is 4.98 Å². The topological polar surface area (TPSA) is 33.5 Å². The van der Waals surface area contributed by atoms with Crippen LogP contribution in [0.2, 0.25) is 0 Å². The maximum atomic E-state index is 7.23. The van der Waals surface area contributed by atoms with Crippen LogP contribution in [0.1, 0.15) is 128 Å². The van der Waals surface area contributed by atoms with E-state index in [1.54, 1.807) is 0 Å². The van der Waals surface area contributed by atoms with Gasteiger partial charge in [0.2, 0.25) is 0 Å². The maximum absolute atomic E-state index is 7.23. The first-order chi connectivity index (χ1) is 31.4. The summed E-state index contributed by atoms with van der Waals surface area (Å²) in [5.74, 6) is 2.69. The van der Waals surface area contributed by atoms with Gasteiger partial charge in [-0.3, -0.25) is 0 Å². The molecule has 1 aliphatic rings. The van der Waals surface area contributed by atoms with E-state index in [4.69, 9.17) is 9.72 Å². The summed E-state index contributed by atoms with van der Waals surface area (Å²) >= 11 is 0. The van der Waals surface area contributed by atoms with Crippen LogP contribution in [-0.4, -0.2) is 9.55 Å². The molecule has 9 rings (SSSR count). The van der Waals surface area contributed by atoms with E-state index >= 15 is 0 Å². The first-order valence-corrected chi connectivity index (χ1v) is 23.5. The molecule has 67 heavy (non-hydrogen) atoms. The summed E-state index contributed by atoms with van der Waals surface area (Å²) in [5.41, 5.74) is 13.3. The number of benzene rings is 6. The van der Waals surface area contributed by atoms with E-state index in [-0.39, 0.29) is 31.9 Å². The van der Waals surface area contributed by atoms with Gasteiger partial charge in [0, 0.05) is 50.0 Å². The quantitative estimate of drug-likeness (QED) is 0.128. The number of aromatic nitrogens is 2. The predicted molar refractivity (Wildman–Crippen MR) is 277 cm³/mol. The summed E-state index contributed by atoms with van der Waals surface area (Å²) in [6, 6.07) is 53.6. The summed E-state index contributed by atoms with van der Waals surface area (Å²) in [5, 5.41) is 2.28. The molecule has 0 aliphatic carbocycles. The molecular weight excluding hydrogens is 1000 g/mol. The van der Waals surface area contributed by atoms with Gasteiger partial charge in [0.15, 0.2) is 0 Å². The first-order valence-electron chi connectivity index (χ1n) is 23.5. The third kappa shape index (κ3) is 9.25. The minimum absolute atomic E-state index is 0. The number of pyridine rings is 1. The molecule has 5 nitrogen and oxygen atoms in total. The molecule has 0 unspecified atom stereocenters. The van der Waals surface area contributed by atoms with Crippen LogP contribution in [0.3, 0.4) is 0 Å². The molecule has 0 spiro atoms. The zero-order valence-corrected chi connectivity index (χ0v) is 43.4. The standard InChI is InChI=1S/C61H63N4O.Pt/c1-40(2)50-25-19-26-51(41(3)4)57(50)42-32-47(64-31-30-63(39-64)46-23-18-22-44(34-46)59(5,6)7)36-48(33-42)66-49-37-53(61(11,12)43-20-14-13-15-21-43)58-52-24-16-17-27-54(52)65(55(58)38-49)56-35-45(28-29-62-56)60(8,9)10;/h13-35,37,39-41H,1-12H3;/q-3;. The summed E-state index contributed by atoms with van der Waals surface area (Å²) in [4.78, 5) is 9.35. The number of anilines is 2. The molecule has 0 atom stereocenters. The monoisotopic (exact) mass is 1060 g/mol. The predicted octanol–water partition coefficient (Wildman–Crippen LogP) is 16.3. The fraction of sp³-hybridized carbons (Fsp3) is 0.279. The van der Waals surface area contributed by atoms with Gasteiger partial charge in [0.05, 0.1) is 0 Å². The molecule has 6 heteroatoms. The normalized spacial score (nSPS) is 13.3. The van der Waals surface area contributed by atoms with Crippen molar-refractivity contribution < 1.29 is 25.8 Å². The van der Waals surface area contributed by atoms with Crippen molar-refractivity contribution in [3.05, 3.63) is 198 Å². The Labute approximate surface area is 413 Å². The fourth-order valence-electron chi connectivity index (χ4n) is 9.44. The third-order valence-corrected chi connectivity index (χ3v) is 13.3. The summed E-state index contributed by atoms with van der Waals surface area (Å²) < 4.78 is 9.50. The van der Waals surface area contributed by atoms with E-state index in [1.807, 2.05) is 6.20 Å². The van der Waals surface area contributed by atoms with Crippen molar-refractivity contribution in [3.8, 4) is 28.4 Å². The summed E-state index contributed by atoms with van der Waals surface area (Å²) in [6.45, 7) is 29.4. The smallest absolute Gasteiger partial charge is 0.135 e. The minimum Gasteiger partial charge on any atom is -0.509 e.